The Labute approximate surface area is 124 Å². The number of hydrogen-bond acceptors (Lipinski definition) is 3. The van der Waals surface area contributed by atoms with Crippen molar-refractivity contribution in [2.75, 3.05) is 14.2 Å². The Bertz CT molecular complexity index is 576. The van der Waals surface area contributed by atoms with Crippen LogP contribution in [0.5, 0.6) is 5.75 Å². The Kier molecular flexibility index (Phi) is 5.13. The van der Waals surface area contributed by atoms with Crippen LogP contribution < -0.4 is 4.74 Å². The summed E-state index contributed by atoms with van der Waals surface area (Å²) in [7, 11) is 3.03. The molecule has 5 heteroatoms. The molecule has 0 aliphatic rings. The van der Waals surface area contributed by atoms with Gasteiger partial charge in [0.1, 0.15) is 11.3 Å². The molecule has 0 atom stereocenters. The van der Waals surface area contributed by atoms with E-state index in [1.807, 2.05) is 25.1 Å². The summed E-state index contributed by atoms with van der Waals surface area (Å²) < 4.78 is 5.23. The van der Waals surface area contributed by atoms with Crippen LogP contribution in [-0.2, 0) is 9.59 Å². The molecule has 0 unspecified atom stereocenters. The summed E-state index contributed by atoms with van der Waals surface area (Å²) in [6.45, 7) is 4.90. The first-order valence-electron chi connectivity index (χ1n) is 6.54. The molecule has 0 heterocycles. The third-order valence-electron chi connectivity index (χ3n) is 3.48. The van der Waals surface area contributed by atoms with Gasteiger partial charge in [-0.1, -0.05) is 11.6 Å². The highest BCUT2D eigenvalue weighted by Crippen LogP contribution is 2.21. The van der Waals surface area contributed by atoms with Crippen molar-refractivity contribution in [2.45, 2.75) is 26.3 Å². The van der Waals surface area contributed by atoms with E-state index in [4.69, 9.17) is 9.84 Å². The minimum atomic E-state index is -1.27. The van der Waals surface area contributed by atoms with E-state index in [-0.39, 0.29) is 5.91 Å². The van der Waals surface area contributed by atoms with Crippen LogP contribution in [0.15, 0.2) is 24.3 Å². The quantitative estimate of drug-likeness (QED) is 0.846. The average Bonchev–Trinajstić information content (AvgIpc) is 2.43. The Morgan fingerprint density at radius 1 is 1.33 bits per heavy atom. The third-order valence-corrected chi connectivity index (χ3v) is 3.48. The molecule has 0 aliphatic carbocycles. The predicted molar refractivity (Wildman–Crippen MR) is 81.2 cm³/mol. The van der Waals surface area contributed by atoms with Gasteiger partial charge >= 0.3 is 5.97 Å². The molecule has 114 valence electrons. The number of carbonyl (C=O) groups is 2. The number of aryl methyl sites for hydroxylation is 1. The van der Waals surface area contributed by atoms with Crippen molar-refractivity contribution < 1.29 is 19.4 Å². The Hall–Kier alpha value is -2.30. The predicted octanol–water partition coefficient (Wildman–Crippen LogP) is 2.34. The maximum absolute atomic E-state index is 12.1. The van der Waals surface area contributed by atoms with E-state index in [1.165, 1.54) is 31.9 Å². The van der Waals surface area contributed by atoms with E-state index in [9.17, 15) is 9.59 Å². The Morgan fingerprint density at radius 2 is 1.95 bits per heavy atom. The van der Waals surface area contributed by atoms with E-state index in [1.54, 1.807) is 13.2 Å². The molecule has 1 aromatic rings. The van der Waals surface area contributed by atoms with Crippen LogP contribution >= 0.6 is 0 Å². The van der Waals surface area contributed by atoms with Gasteiger partial charge in [-0.25, -0.2) is 4.79 Å². The number of hydrogen-bond donors (Lipinski definition) is 1. The molecular weight excluding hydrogens is 270 g/mol. The molecule has 1 N–H and O–H groups in total. The summed E-state index contributed by atoms with van der Waals surface area (Å²) in [4.78, 5) is 24.4. The zero-order chi connectivity index (χ0) is 16.2. The van der Waals surface area contributed by atoms with Gasteiger partial charge < -0.3 is 14.7 Å². The average molecular weight is 291 g/mol. The molecule has 0 bridgehead atoms. The second-order valence-electron chi connectivity index (χ2n) is 5.34. The number of likely N-dealkylation sites (N-methyl/N-ethyl adjacent to an activating group) is 1. The first-order chi connectivity index (χ1) is 9.70. The number of carboxylic acids is 1. The van der Waals surface area contributed by atoms with E-state index in [0.717, 1.165) is 11.1 Å². The molecule has 0 saturated heterocycles. The monoisotopic (exact) mass is 291 g/mol. The molecule has 1 rings (SSSR count). The van der Waals surface area contributed by atoms with Gasteiger partial charge in [0.2, 0.25) is 5.91 Å². The maximum Gasteiger partial charge on any atom is 0.329 e. The summed E-state index contributed by atoms with van der Waals surface area (Å²) in [5.74, 6) is -0.782. The van der Waals surface area contributed by atoms with Crippen LogP contribution in [0.2, 0.25) is 0 Å². The topological polar surface area (TPSA) is 66.8 Å². The lowest BCUT2D eigenvalue weighted by Gasteiger charge is -2.30. The molecule has 0 fully saturated rings. The second kappa shape index (κ2) is 6.43. The van der Waals surface area contributed by atoms with E-state index < -0.39 is 11.5 Å². The zero-order valence-corrected chi connectivity index (χ0v) is 13.0. The smallest absolute Gasteiger partial charge is 0.329 e. The van der Waals surface area contributed by atoms with Gasteiger partial charge in [-0.2, -0.15) is 0 Å². The van der Waals surface area contributed by atoms with E-state index >= 15 is 0 Å². The molecule has 1 amide bonds. The number of carbonyl (C=O) groups excluding carboxylic acids is 1. The van der Waals surface area contributed by atoms with Gasteiger partial charge in [-0.05, 0) is 39.0 Å². The highest BCUT2D eigenvalue weighted by atomic mass is 16.5. The number of aliphatic carboxylic acids is 1. The number of amides is 1. The fourth-order valence-electron chi connectivity index (χ4n) is 1.68. The molecule has 1 aromatic carbocycles. The number of ether oxygens (including phenoxy) is 1. The van der Waals surface area contributed by atoms with Crippen molar-refractivity contribution in [1.82, 2.24) is 4.90 Å². The van der Waals surface area contributed by atoms with Gasteiger partial charge in [-0.15, -0.1) is 0 Å². The van der Waals surface area contributed by atoms with Crippen molar-refractivity contribution in [3.05, 3.63) is 35.4 Å². The van der Waals surface area contributed by atoms with Crippen LogP contribution in [0.1, 0.15) is 25.0 Å². The highest BCUT2D eigenvalue weighted by molar-refractivity contribution is 5.95. The molecule has 0 spiro atoms. The summed E-state index contributed by atoms with van der Waals surface area (Å²) in [5.41, 5.74) is 0.549. The normalized spacial score (nSPS) is 11.5. The minimum absolute atomic E-state index is 0.383. The Morgan fingerprint density at radius 3 is 2.48 bits per heavy atom. The van der Waals surface area contributed by atoms with E-state index in [0.29, 0.717) is 5.75 Å². The van der Waals surface area contributed by atoms with Crippen LogP contribution in [-0.4, -0.2) is 41.6 Å². The van der Waals surface area contributed by atoms with Gasteiger partial charge in [-0.3, -0.25) is 4.79 Å². The fourth-order valence-corrected chi connectivity index (χ4v) is 1.68. The van der Waals surface area contributed by atoms with Crippen molar-refractivity contribution in [1.29, 1.82) is 0 Å². The van der Waals surface area contributed by atoms with Crippen molar-refractivity contribution >= 4 is 18.0 Å². The molecule has 5 nitrogen and oxygen atoms in total. The number of methoxy groups -OCH3 is 1. The van der Waals surface area contributed by atoms with Crippen LogP contribution in [0, 0.1) is 6.92 Å². The lowest BCUT2D eigenvalue weighted by molar-refractivity contribution is -0.153. The molecule has 0 aromatic heterocycles. The highest BCUT2D eigenvalue weighted by Gasteiger charge is 2.34. The van der Waals surface area contributed by atoms with Gasteiger partial charge in [0.05, 0.1) is 7.11 Å². The van der Waals surface area contributed by atoms with Crippen molar-refractivity contribution in [3.63, 3.8) is 0 Å². The van der Waals surface area contributed by atoms with E-state index in [2.05, 4.69) is 0 Å². The van der Waals surface area contributed by atoms with Crippen LogP contribution in [0.4, 0.5) is 0 Å². The number of nitrogens with zero attached hydrogens (tertiary/aromatic N) is 1. The largest absolute Gasteiger partial charge is 0.496 e. The Balaban J connectivity index is 2.98. The minimum Gasteiger partial charge on any atom is -0.496 e. The summed E-state index contributed by atoms with van der Waals surface area (Å²) >= 11 is 0. The van der Waals surface area contributed by atoms with Crippen LogP contribution in [0.25, 0.3) is 6.08 Å². The lowest BCUT2D eigenvalue weighted by Crippen LogP contribution is -2.50. The number of rotatable bonds is 5. The maximum atomic E-state index is 12.1. The zero-order valence-electron chi connectivity index (χ0n) is 13.0. The molecule has 21 heavy (non-hydrogen) atoms. The first kappa shape index (κ1) is 16.8. The fraction of sp³-hybridized carbons (Fsp3) is 0.375. The molecular formula is C16H21NO4. The number of carboxylic acid groups (broad SMARTS) is 1. The summed E-state index contributed by atoms with van der Waals surface area (Å²) in [6.07, 6.45) is 2.98. The first-order valence-corrected chi connectivity index (χ1v) is 6.54. The summed E-state index contributed by atoms with van der Waals surface area (Å²) in [5, 5.41) is 9.13. The second-order valence-corrected chi connectivity index (χ2v) is 5.34. The number of benzene rings is 1. The van der Waals surface area contributed by atoms with Gasteiger partial charge in [0, 0.05) is 18.7 Å². The van der Waals surface area contributed by atoms with Gasteiger partial charge in [0.25, 0.3) is 0 Å². The van der Waals surface area contributed by atoms with Crippen LogP contribution in [0.3, 0.4) is 0 Å². The molecule has 0 saturated carbocycles. The van der Waals surface area contributed by atoms with Gasteiger partial charge in [0.15, 0.2) is 0 Å². The lowest BCUT2D eigenvalue weighted by atomic mass is 10.0. The van der Waals surface area contributed by atoms with Crippen molar-refractivity contribution in [3.8, 4) is 5.75 Å². The summed E-state index contributed by atoms with van der Waals surface area (Å²) in [6, 6.07) is 5.63. The third kappa shape index (κ3) is 3.84. The standard InChI is InChI=1S/C16H21NO4/c1-11-6-8-13(21-5)12(10-11)7-9-14(18)17(4)16(2,3)15(19)20/h6-10H,1-5H3,(H,19,20). The van der Waals surface area contributed by atoms with Crippen molar-refractivity contribution in [2.24, 2.45) is 0 Å². The SMILES string of the molecule is COc1ccc(C)cc1C=CC(=O)N(C)C(C)(C)C(=O)O. The molecule has 0 radical (unpaired) electrons. The molecule has 0 aliphatic heterocycles.